The highest BCUT2D eigenvalue weighted by Gasteiger charge is 2.38. The number of ether oxygens (including phenoxy) is 1. The summed E-state index contributed by atoms with van der Waals surface area (Å²) in [6.45, 7) is 0.929. The summed E-state index contributed by atoms with van der Waals surface area (Å²) in [5.41, 5.74) is 2.05. The molecule has 1 N–H and O–H groups in total. The molecular weight excluding hydrogens is 416 g/mol. The van der Waals surface area contributed by atoms with Gasteiger partial charge in [-0.2, -0.15) is 0 Å². The SMILES string of the molecule is O=C(O)COCC(=O)N1C[C@@H]2C[C@H](C1)c1c(-c3cc4ccccc4s3)ccc(=O)n1C2. The van der Waals surface area contributed by atoms with Gasteiger partial charge in [0, 0.05) is 52.5 Å². The molecule has 2 atom stereocenters. The molecule has 3 aromatic rings. The Balaban J connectivity index is 1.47. The van der Waals surface area contributed by atoms with Crippen molar-refractivity contribution in [2.24, 2.45) is 5.92 Å². The van der Waals surface area contributed by atoms with E-state index in [1.165, 1.54) is 10.1 Å². The number of piperidine rings is 1. The van der Waals surface area contributed by atoms with E-state index in [4.69, 9.17) is 9.84 Å². The van der Waals surface area contributed by atoms with Crippen molar-refractivity contribution in [3.05, 3.63) is 58.5 Å². The zero-order chi connectivity index (χ0) is 21.5. The molecule has 31 heavy (non-hydrogen) atoms. The third kappa shape index (κ3) is 3.77. The van der Waals surface area contributed by atoms with Crippen LogP contribution in [0.3, 0.4) is 0 Å². The van der Waals surface area contributed by atoms with Crippen LogP contribution in [0.2, 0.25) is 0 Å². The van der Waals surface area contributed by atoms with Crippen LogP contribution in [-0.2, 0) is 20.9 Å². The number of thiophene rings is 1. The highest BCUT2D eigenvalue weighted by molar-refractivity contribution is 7.22. The topological polar surface area (TPSA) is 88.8 Å². The molecular formula is C23H22N2O5S. The Morgan fingerprint density at radius 2 is 1.94 bits per heavy atom. The van der Waals surface area contributed by atoms with Crippen LogP contribution in [0, 0.1) is 5.92 Å². The van der Waals surface area contributed by atoms with Crippen LogP contribution in [0.15, 0.2) is 47.3 Å². The summed E-state index contributed by atoms with van der Waals surface area (Å²) in [6.07, 6.45) is 0.932. The van der Waals surface area contributed by atoms with E-state index >= 15 is 0 Å². The molecule has 0 unspecified atom stereocenters. The lowest BCUT2D eigenvalue weighted by Crippen LogP contribution is -2.50. The molecule has 0 spiro atoms. The van der Waals surface area contributed by atoms with Gasteiger partial charge in [-0.15, -0.1) is 11.3 Å². The summed E-state index contributed by atoms with van der Waals surface area (Å²) in [7, 11) is 0. The van der Waals surface area contributed by atoms with Crippen molar-refractivity contribution in [2.75, 3.05) is 26.3 Å². The predicted molar refractivity (Wildman–Crippen MR) is 117 cm³/mol. The number of carbonyl (C=O) groups is 2. The van der Waals surface area contributed by atoms with Crippen molar-refractivity contribution in [1.29, 1.82) is 0 Å². The summed E-state index contributed by atoms with van der Waals surface area (Å²) >= 11 is 1.71. The van der Waals surface area contributed by atoms with Crippen molar-refractivity contribution in [1.82, 2.24) is 9.47 Å². The minimum absolute atomic E-state index is 0.000806. The van der Waals surface area contributed by atoms with E-state index in [2.05, 4.69) is 18.2 Å². The number of hydrogen-bond donors (Lipinski definition) is 1. The third-order valence-electron chi connectivity index (χ3n) is 6.08. The standard InChI is InChI=1S/C23H22N2O5S/c26-20-6-5-17(19-8-15-3-1-2-4-18(15)31-19)23-16-7-14(10-25(20)23)9-24(11-16)21(27)12-30-13-22(28)29/h1-6,8,14,16H,7,9-13H2,(H,28,29)/t14-,16+/m0/s1. The van der Waals surface area contributed by atoms with Crippen LogP contribution < -0.4 is 5.56 Å². The van der Waals surface area contributed by atoms with E-state index in [-0.39, 0.29) is 29.9 Å². The first-order chi connectivity index (χ1) is 15.0. The third-order valence-corrected chi connectivity index (χ3v) is 7.23. The monoisotopic (exact) mass is 438 g/mol. The number of aliphatic carboxylic acids is 1. The Kier molecular flexibility index (Phi) is 5.11. The van der Waals surface area contributed by atoms with Crippen molar-refractivity contribution < 1.29 is 19.4 Å². The number of rotatable bonds is 5. The molecule has 1 fully saturated rings. The summed E-state index contributed by atoms with van der Waals surface area (Å²) in [5, 5.41) is 9.89. The van der Waals surface area contributed by atoms with Gasteiger partial charge in [-0.25, -0.2) is 4.79 Å². The quantitative estimate of drug-likeness (QED) is 0.662. The van der Waals surface area contributed by atoms with E-state index in [0.29, 0.717) is 19.6 Å². The highest BCUT2D eigenvalue weighted by Crippen LogP contribution is 2.42. The van der Waals surface area contributed by atoms with Crippen molar-refractivity contribution >= 4 is 33.3 Å². The maximum absolute atomic E-state index is 12.7. The van der Waals surface area contributed by atoms with Crippen LogP contribution in [0.1, 0.15) is 18.0 Å². The Labute approximate surface area is 182 Å². The Morgan fingerprint density at radius 1 is 1.10 bits per heavy atom. The summed E-state index contributed by atoms with van der Waals surface area (Å²) in [5.74, 6) is -1.04. The lowest BCUT2D eigenvalue weighted by atomic mass is 9.81. The Bertz CT molecular complexity index is 1200. The van der Waals surface area contributed by atoms with E-state index in [9.17, 15) is 14.4 Å². The number of carboxylic acid groups (broad SMARTS) is 1. The number of likely N-dealkylation sites (tertiary alicyclic amines) is 1. The van der Waals surface area contributed by atoms with Gasteiger partial charge in [-0.05, 0) is 35.9 Å². The van der Waals surface area contributed by atoms with Crippen LogP contribution in [0.4, 0.5) is 0 Å². The number of carbonyl (C=O) groups excluding carboxylic acids is 1. The summed E-state index contributed by atoms with van der Waals surface area (Å²) in [6, 6.07) is 14.0. The lowest BCUT2D eigenvalue weighted by Gasteiger charge is -2.43. The minimum atomic E-state index is -1.09. The fourth-order valence-electron chi connectivity index (χ4n) is 4.86. The molecule has 1 saturated heterocycles. The second-order valence-corrected chi connectivity index (χ2v) is 9.30. The number of hydrogen-bond acceptors (Lipinski definition) is 5. The molecule has 0 radical (unpaired) electrons. The first-order valence-electron chi connectivity index (χ1n) is 10.3. The first kappa shape index (κ1) is 20.0. The highest BCUT2D eigenvalue weighted by atomic mass is 32.1. The number of amides is 1. The molecule has 160 valence electrons. The lowest BCUT2D eigenvalue weighted by molar-refractivity contribution is -0.146. The molecule has 1 aromatic carbocycles. The second-order valence-electron chi connectivity index (χ2n) is 8.21. The molecule has 2 aliphatic heterocycles. The van der Waals surface area contributed by atoms with Gasteiger partial charge in [0.25, 0.3) is 5.56 Å². The van der Waals surface area contributed by atoms with Gasteiger partial charge in [0.2, 0.25) is 5.91 Å². The molecule has 2 aliphatic rings. The van der Waals surface area contributed by atoms with Crippen LogP contribution in [0.25, 0.3) is 20.5 Å². The molecule has 0 saturated carbocycles. The number of pyridine rings is 1. The van der Waals surface area contributed by atoms with E-state index in [1.54, 1.807) is 22.3 Å². The van der Waals surface area contributed by atoms with Crippen LogP contribution in [-0.4, -0.2) is 52.8 Å². The van der Waals surface area contributed by atoms with Crippen molar-refractivity contribution in [3.8, 4) is 10.4 Å². The second kappa shape index (κ2) is 7.94. The Hall–Kier alpha value is -2.97. The molecule has 0 aliphatic carbocycles. The van der Waals surface area contributed by atoms with E-state index in [0.717, 1.165) is 22.6 Å². The van der Waals surface area contributed by atoms with Crippen molar-refractivity contribution in [2.45, 2.75) is 18.9 Å². The number of carboxylic acids is 1. The number of fused-ring (bicyclic) bond motifs is 5. The average Bonchev–Trinajstić information content (AvgIpc) is 3.18. The minimum Gasteiger partial charge on any atom is -0.480 e. The van der Waals surface area contributed by atoms with Gasteiger partial charge < -0.3 is 19.3 Å². The van der Waals surface area contributed by atoms with Crippen molar-refractivity contribution in [3.63, 3.8) is 0 Å². The average molecular weight is 439 g/mol. The van der Waals surface area contributed by atoms with Gasteiger partial charge in [-0.3, -0.25) is 9.59 Å². The summed E-state index contributed by atoms with van der Waals surface area (Å²) < 4.78 is 8.09. The Morgan fingerprint density at radius 3 is 2.74 bits per heavy atom. The number of nitrogens with zero attached hydrogens (tertiary/aromatic N) is 2. The maximum Gasteiger partial charge on any atom is 0.329 e. The maximum atomic E-state index is 12.7. The fourth-order valence-corrected chi connectivity index (χ4v) is 5.96. The largest absolute Gasteiger partial charge is 0.480 e. The van der Waals surface area contributed by atoms with E-state index in [1.807, 2.05) is 22.8 Å². The molecule has 2 aromatic heterocycles. The zero-order valence-electron chi connectivity index (χ0n) is 16.8. The van der Waals surface area contributed by atoms with Gasteiger partial charge in [0.05, 0.1) is 0 Å². The molecule has 8 heteroatoms. The normalized spacial score (nSPS) is 19.9. The molecule has 5 rings (SSSR count). The number of benzene rings is 1. The smallest absolute Gasteiger partial charge is 0.329 e. The zero-order valence-corrected chi connectivity index (χ0v) is 17.6. The van der Waals surface area contributed by atoms with E-state index < -0.39 is 12.6 Å². The van der Waals surface area contributed by atoms with Gasteiger partial charge >= 0.3 is 5.97 Å². The van der Waals surface area contributed by atoms with Crippen LogP contribution in [0.5, 0.6) is 0 Å². The van der Waals surface area contributed by atoms with Crippen LogP contribution >= 0.6 is 11.3 Å². The molecule has 2 bridgehead atoms. The van der Waals surface area contributed by atoms with Gasteiger partial charge in [-0.1, -0.05) is 18.2 Å². The first-order valence-corrected chi connectivity index (χ1v) is 11.1. The number of aromatic nitrogens is 1. The molecule has 4 heterocycles. The van der Waals surface area contributed by atoms with Gasteiger partial charge in [0.1, 0.15) is 13.2 Å². The molecule has 1 amide bonds. The van der Waals surface area contributed by atoms with Gasteiger partial charge in [0.15, 0.2) is 0 Å². The molecule has 7 nitrogen and oxygen atoms in total. The predicted octanol–water partition coefficient (Wildman–Crippen LogP) is 2.78. The summed E-state index contributed by atoms with van der Waals surface area (Å²) in [4.78, 5) is 38.8. The fraction of sp³-hybridized carbons (Fsp3) is 0.348.